The van der Waals surface area contributed by atoms with Crippen molar-refractivity contribution in [1.82, 2.24) is 4.98 Å². The Balaban J connectivity index is 2.70. The van der Waals surface area contributed by atoms with E-state index in [9.17, 15) is 4.79 Å². The van der Waals surface area contributed by atoms with Crippen LogP contribution < -0.4 is 10.5 Å². The van der Waals surface area contributed by atoms with Gasteiger partial charge in [0.05, 0.1) is 18.6 Å². The average molecular weight is 236 g/mol. The lowest BCUT2D eigenvalue weighted by molar-refractivity contribution is -0.109. The van der Waals surface area contributed by atoms with Crippen LogP contribution in [0, 0.1) is 11.8 Å². The fourth-order valence-corrected chi connectivity index (χ4v) is 1.30. The van der Waals surface area contributed by atoms with Gasteiger partial charge in [-0.2, -0.15) is 0 Å². The van der Waals surface area contributed by atoms with E-state index in [0.29, 0.717) is 23.0 Å². The van der Waals surface area contributed by atoms with E-state index >= 15 is 0 Å². The number of rotatable bonds is 2. The number of thioether (sulfide) groups is 1. The van der Waals surface area contributed by atoms with Gasteiger partial charge in [0.1, 0.15) is 5.69 Å². The second kappa shape index (κ2) is 6.03. The first-order valence-electron chi connectivity index (χ1n) is 4.56. The summed E-state index contributed by atoms with van der Waals surface area (Å²) in [5.41, 5.74) is 6.67. The van der Waals surface area contributed by atoms with Crippen molar-refractivity contribution in [1.29, 1.82) is 0 Å². The molecule has 0 aliphatic rings. The van der Waals surface area contributed by atoms with Crippen LogP contribution in [0.5, 0.6) is 5.88 Å². The molecule has 1 aromatic heterocycles. The van der Waals surface area contributed by atoms with E-state index in [0.717, 1.165) is 0 Å². The summed E-state index contributed by atoms with van der Waals surface area (Å²) in [5.74, 6) is 6.50. The SMILES string of the molecule is COc1nc(C#CCSC(C)=O)ccc1N. The molecule has 0 spiro atoms. The van der Waals surface area contributed by atoms with Crippen LogP contribution in [0.4, 0.5) is 5.69 Å². The van der Waals surface area contributed by atoms with Crippen molar-refractivity contribution >= 4 is 22.6 Å². The number of carbonyl (C=O) groups is 1. The third kappa shape index (κ3) is 3.83. The van der Waals surface area contributed by atoms with Crippen LogP contribution in [-0.4, -0.2) is 23.0 Å². The smallest absolute Gasteiger partial charge is 0.238 e. The molecule has 4 nitrogen and oxygen atoms in total. The maximum atomic E-state index is 10.6. The first kappa shape index (κ1) is 12.4. The topological polar surface area (TPSA) is 65.2 Å². The second-order valence-electron chi connectivity index (χ2n) is 2.88. The van der Waals surface area contributed by atoms with Gasteiger partial charge in [-0.3, -0.25) is 4.79 Å². The van der Waals surface area contributed by atoms with E-state index < -0.39 is 0 Å². The van der Waals surface area contributed by atoms with E-state index in [-0.39, 0.29) is 5.12 Å². The number of methoxy groups -OCH3 is 1. The van der Waals surface area contributed by atoms with Crippen LogP contribution >= 0.6 is 11.8 Å². The van der Waals surface area contributed by atoms with E-state index in [1.165, 1.54) is 25.8 Å². The summed E-state index contributed by atoms with van der Waals surface area (Å²) < 4.78 is 4.97. The highest BCUT2D eigenvalue weighted by atomic mass is 32.2. The van der Waals surface area contributed by atoms with Crippen molar-refractivity contribution in [3.05, 3.63) is 17.8 Å². The molecule has 5 heteroatoms. The molecule has 0 radical (unpaired) electrons. The summed E-state index contributed by atoms with van der Waals surface area (Å²) in [6.45, 7) is 1.51. The average Bonchev–Trinajstić information content (AvgIpc) is 2.26. The predicted octanol–water partition coefficient (Wildman–Crippen LogP) is 1.30. The zero-order chi connectivity index (χ0) is 12.0. The number of hydrogen-bond acceptors (Lipinski definition) is 5. The summed E-state index contributed by atoms with van der Waals surface area (Å²) in [6, 6.07) is 3.40. The van der Waals surface area contributed by atoms with Gasteiger partial charge < -0.3 is 10.5 Å². The zero-order valence-corrected chi connectivity index (χ0v) is 9.93. The minimum Gasteiger partial charge on any atom is -0.479 e. The third-order valence-corrected chi connectivity index (χ3v) is 2.34. The van der Waals surface area contributed by atoms with Crippen molar-refractivity contribution in [3.8, 4) is 17.7 Å². The largest absolute Gasteiger partial charge is 0.479 e. The second-order valence-corrected chi connectivity index (χ2v) is 4.03. The van der Waals surface area contributed by atoms with E-state index in [4.69, 9.17) is 10.5 Å². The van der Waals surface area contributed by atoms with Crippen LogP contribution in [0.1, 0.15) is 12.6 Å². The number of nitrogens with zero attached hydrogens (tertiary/aromatic N) is 1. The number of nitrogens with two attached hydrogens (primary N) is 1. The molecule has 0 atom stereocenters. The highest BCUT2D eigenvalue weighted by Gasteiger charge is 2.00. The van der Waals surface area contributed by atoms with Gasteiger partial charge in [0.15, 0.2) is 5.12 Å². The number of aromatic nitrogens is 1. The van der Waals surface area contributed by atoms with E-state index in [1.807, 2.05) is 0 Å². The van der Waals surface area contributed by atoms with Crippen molar-refractivity contribution in [2.75, 3.05) is 18.6 Å². The highest BCUT2D eigenvalue weighted by Crippen LogP contribution is 2.16. The quantitative estimate of drug-likeness (QED) is 0.784. The molecule has 0 aromatic carbocycles. The number of anilines is 1. The molecule has 0 aliphatic carbocycles. The molecule has 0 saturated carbocycles. The van der Waals surface area contributed by atoms with Gasteiger partial charge in [-0.05, 0) is 18.1 Å². The monoisotopic (exact) mass is 236 g/mol. The minimum absolute atomic E-state index is 0.0529. The standard InChI is InChI=1S/C11H12N2O2S/c1-8(14)16-7-3-4-9-5-6-10(12)11(13-9)15-2/h5-6H,7,12H2,1-2H3. The first-order valence-corrected chi connectivity index (χ1v) is 5.55. The zero-order valence-electron chi connectivity index (χ0n) is 9.11. The van der Waals surface area contributed by atoms with Crippen LogP contribution in [0.2, 0.25) is 0 Å². The van der Waals surface area contributed by atoms with Crippen molar-refractivity contribution < 1.29 is 9.53 Å². The molecule has 0 fully saturated rings. The molecule has 0 aliphatic heterocycles. The molecule has 1 rings (SSSR count). The molecular weight excluding hydrogens is 224 g/mol. The Morgan fingerprint density at radius 2 is 2.38 bits per heavy atom. The van der Waals surface area contributed by atoms with Crippen molar-refractivity contribution in [3.63, 3.8) is 0 Å². The lowest BCUT2D eigenvalue weighted by atomic mass is 10.3. The van der Waals surface area contributed by atoms with Gasteiger partial charge in [-0.15, -0.1) is 0 Å². The Kier molecular flexibility index (Phi) is 4.67. The normalized spacial score (nSPS) is 9.12. The van der Waals surface area contributed by atoms with Crippen LogP contribution in [0.25, 0.3) is 0 Å². The fourth-order valence-electron chi connectivity index (χ4n) is 0.949. The Labute approximate surface area is 98.6 Å². The molecule has 1 heterocycles. The van der Waals surface area contributed by atoms with Crippen LogP contribution in [-0.2, 0) is 4.79 Å². The van der Waals surface area contributed by atoms with Gasteiger partial charge in [-0.25, -0.2) is 4.98 Å². The fraction of sp³-hybridized carbons (Fsp3) is 0.273. The first-order chi connectivity index (χ1) is 7.63. The molecule has 0 unspecified atom stereocenters. The number of pyridine rings is 1. The van der Waals surface area contributed by atoms with Gasteiger partial charge in [0.25, 0.3) is 0 Å². The summed E-state index contributed by atoms with van der Waals surface area (Å²) in [6.07, 6.45) is 0. The Morgan fingerprint density at radius 1 is 1.62 bits per heavy atom. The minimum atomic E-state index is 0.0529. The number of carbonyl (C=O) groups excluding carboxylic acids is 1. The molecule has 0 amide bonds. The maximum Gasteiger partial charge on any atom is 0.238 e. The highest BCUT2D eigenvalue weighted by molar-refractivity contribution is 8.13. The van der Waals surface area contributed by atoms with Gasteiger partial charge >= 0.3 is 0 Å². The molecule has 0 saturated heterocycles. The van der Waals surface area contributed by atoms with E-state index in [1.54, 1.807) is 12.1 Å². The lowest BCUT2D eigenvalue weighted by Gasteiger charge is -2.01. The Hall–Kier alpha value is -1.67. The van der Waals surface area contributed by atoms with Crippen molar-refractivity contribution in [2.45, 2.75) is 6.92 Å². The number of ether oxygens (including phenoxy) is 1. The third-order valence-electron chi connectivity index (χ3n) is 1.65. The van der Waals surface area contributed by atoms with Crippen LogP contribution in [0.15, 0.2) is 12.1 Å². The maximum absolute atomic E-state index is 10.6. The molecule has 16 heavy (non-hydrogen) atoms. The molecular formula is C11H12N2O2S. The van der Waals surface area contributed by atoms with Crippen LogP contribution in [0.3, 0.4) is 0 Å². The summed E-state index contributed by atoms with van der Waals surface area (Å²) >= 11 is 1.17. The van der Waals surface area contributed by atoms with Gasteiger partial charge in [-0.1, -0.05) is 17.7 Å². The summed E-state index contributed by atoms with van der Waals surface area (Å²) in [7, 11) is 1.50. The molecule has 1 aromatic rings. The number of hydrogen-bond donors (Lipinski definition) is 1. The van der Waals surface area contributed by atoms with E-state index in [2.05, 4.69) is 16.8 Å². The molecule has 2 N–H and O–H groups in total. The van der Waals surface area contributed by atoms with Gasteiger partial charge in [0, 0.05) is 6.92 Å². The Morgan fingerprint density at radius 3 is 3.00 bits per heavy atom. The lowest BCUT2D eigenvalue weighted by Crippen LogP contribution is -1.96. The summed E-state index contributed by atoms with van der Waals surface area (Å²) in [5, 5.41) is 0.0529. The molecule has 0 bridgehead atoms. The predicted molar refractivity (Wildman–Crippen MR) is 65.2 cm³/mol. The van der Waals surface area contributed by atoms with Gasteiger partial charge in [0.2, 0.25) is 5.88 Å². The molecule has 84 valence electrons. The Bertz CT molecular complexity index is 449. The summed E-state index contributed by atoms with van der Waals surface area (Å²) in [4.78, 5) is 14.7. The van der Waals surface area contributed by atoms with Crippen molar-refractivity contribution in [2.24, 2.45) is 0 Å². The number of nitrogen functional groups attached to an aromatic ring is 1.